The van der Waals surface area contributed by atoms with Gasteiger partial charge in [-0.2, -0.15) is 0 Å². The molecule has 0 saturated heterocycles. The van der Waals surface area contributed by atoms with Crippen LogP contribution in [0.3, 0.4) is 0 Å². The first-order chi connectivity index (χ1) is 9.65. The second-order valence-corrected chi connectivity index (χ2v) is 3.89. The van der Waals surface area contributed by atoms with Crippen LogP contribution in [0.1, 0.15) is 5.56 Å². The number of hydrogen-bond acceptors (Lipinski definition) is 4. The Bertz CT molecular complexity index is 493. The van der Waals surface area contributed by atoms with E-state index >= 15 is 0 Å². The number of rotatable bonds is 7. The normalized spacial score (nSPS) is 10.3. The minimum atomic E-state index is 0. The van der Waals surface area contributed by atoms with Gasteiger partial charge in [0, 0.05) is 18.2 Å². The van der Waals surface area contributed by atoms with Crippen LogP contribution >= 0.6 is 24.0 Å². The molecule has 0 unspecified atom stereocenters. The summed E-state index contributed by atoms with van der Waals surface area (Å²) in [5.74, 6) is 2.25. The van der Waals surface area contributed by atoms with Crippen molar-refractivity contribution in [2.45, 2.75) is 6.54 Å². The molecule has 0 saturated carbocycles. The largest absolute Gasteiger partial charge is 0.496 e. The van der Waals surface area contributed by atoms with E-state index in [4.69, 9.17) is 19.9 Å². The van der Waals surface area contributed by atoms with Crippen molar-refractivity contribution in [3.63, 3.8) is 0 Å². The van der Waals surface area contributed by atoms with Crippen LogP contribution in [0.2, 0.25) is 0 Å². The molecule has 118 valence electrons. The van der Waals surface area contributed by atoms with Crippen molar-refractivity contribution in [2.75, 3.05) is 27.9 Å². The zero-order valence-electron chi connectivity index (χ0n) is 12.5. The molecule has 21 heavy (non-hydrogen) atoms. The Labute approximate surface area is 142 Å². The Morgan fingerprint density at radius 3 is 2.29 bits per heavy atom. The van der Waals surface area contributed by atoms with Gasteiger partial charge in [-0.05, 0) is 6.07 Å². The van der Waals surface area contributed by atoms with Gasteiger partial charge in [-0.1, -0.05) is 6.08 Å². The Morgan fingerprint density at radius 1 is 1.19 bits per heavy atom. The minimum Gasteiger partial charge on any atom is -0.496 e. The lowest BCUT2D eigenvalue weighted by Gasteiger charge is -2.13. The number of methoxy groups -OCH3 is 3. The third kappa shape index (κ3) is 5.70. The summed E-state index contributed by atoms with van der Waals surface area (Å²) in [5, 5.41) is 2.90. The number of ether oxygens (including phenoxy) is 3. The molecule has 0 bridgehead atoms. The summed E-state index contributed by atoms with van der Waals surface area (Å²) >= 11 is 0. The predicted molar refractivity (Wildman–Crippen MR) is 95.0 cm³/mol. The fourth-order valence-electron chi connectivity index (χ4n) is 1.62. The highest BCUT2D eigenvalue weighted by Gasteiger charge is 2.11. The van der Waals surface area contributed by atoms with Crippen molar-refractivity contribution in [1.29, 1.82) is 0 Å². The van der Waals surface area contributed by atoms with Crippen molar-refractivity contribution in [2.24, 2.45) is 10.7 Å². The molecule has 1 aromatic carbocycles. The van der Waals surface area contributed by atoms with Gasteiger partial charge in [0.1, 0.15) is 5.75 Å². The summed E-state index contributed by atoms with van der Waals surface area (Å²) in [6.45, 7) is 4.54. The molecule has 0 spiro atoms. The van der Waals surface area contributed by atoms with Crippen molar-refractivity contribution in [3.05, 3.63) is 30.4 Å². The molecule has 0 aromatic heterocycles. The third-order valence-electron chi connectivity index (χ3n) is 2.63. The van der Waals surface area contributed by atoms with Crippen LogP contribution in [0.25, 0.3) is 0 Å². The van der Waals surface area contributed by atoms with E-state index in [9.17, 15) is 0 Å². The molecule has 0 amide bonds. The molecule has 0 aliphatic rings. The van der Waals surface area contributed by atoms with E-state index in [0.29, 0.717) is 36.3 Å². The van der Waals surface area contributed by atoms with E-state index in [2.05, 4.69) is 16.9 Å². The van der Waals surface area contributed by atoms with Gasteiger partial charge in [0.15, 0.2) is 17.5 Å². The Hall–Kier alpha value is -1.64. The van der Waals surface area contributed by atoms with Crippen molar-refractivity contribution >= 4 is 29.9 Å². The Kier molecular flexibility index (Phi) is 9.35. The number of halogens is 1. The van der Waals surface area contributed by atoms with E-state index in [0.717, 1.165) is 5.56 Å². The van der Waals surface area contributed by atoms with Gasteiger partial charge in [-0.15, -0.1) is 30.6 Å². The van der Waals surface area contributed by atoms with E-state index in [1.54, 1.807) is 33.5 Å². The van der Waals surface area contributed by atoms with Crippen molar-refractivity contribution in [3.8, 4) is 17.2 Å². The molecule has 1 aromatic rings. The molecule has 0 aliphatic heterocycles. The summed E-state index contributed by atoms with van der Waals surface area (Å²) < 4.78 is 15.8. The maximum atomic E-state index is 5.72. The lowest BCUT2D eigenvalue weighted by atomic mass is 10.1. The number of nitrogens with one attached hydrogen (secondary N) is 1. The molecule has 0 heterocycles. The number of guanidine groups is 1. The van der Waals surface area contributed by atoms with Gasteiger partial charge < -0.3 is 25.3 Å². The van der Waals surface area contributed by atoms with Crippen LogP contribution < -0.4 is 25.3 Å². The molecule has 0 fully saturated rings. The number of benzene rings is 1. The summed E-state index contributed by atoms with van der Waals surface area (Å²) in [6, 6.07) is 3.58. The lowest BCUT2D eigenvalue weighted by Crippen LogP contribution is -2.31. The molecule has 0 aliphatic carbocycles. The van der Waals surface area contributed by atoms with Gasteiger partial charge in [0.05, 0.1) is 27.9 Å². The second-order valence-electron chi connectivity index (χ2n) is 3.89. The van der Waals surface area contributed by atoms with Gasteiger partial charge in [-0.25, -0.2) is 4.99 Å². The standard InChI is InChI=1S/C14H21N3O3.HI/c1-5-6-16-14(15)17-9-10-7-12(19-3)13(20-4)8-11(10)18-2;/h5,7-8H,1,6,9H2,2-4H3,(H3,15,16,17);1H. The molecular weight excluding hydrogens is 385 g/mol. The van der Waals surface area contributed by atoms with E-state index < -0.39 is 0 Å². The maximum absolute atomic E-state index is 5.72. The average molecular weight is 407 g/mol. The smallest absolute Gasteiger partial charge is 0.189 e. The molecule has 3 N–H and O–H groups in total. The fourth-order valence-corrected chi connectivity index (χ4v) is 1.62. The summed E-state index contributed by atoms with van der Waals surface area (Å²) in [5.41, 5.74) is 6.58. The Morgan fingerprint density at radius 2 is 1.76 bits per heavy atom. The molecule has 0 radical (unpaired) electrons. The fraction of sp³-hybridized carbons (Fsp3) is 0.357. The number of nitrogens with two attached hydrogens (primary N) is 1. The van der Waals surface area contributed by atoms with Gasteiger partial charge in [-0.3, -0.25) is 0 Å². The first-order valence-corrected chi connectivity index (χ1v) is 6.09. The van der Waals surface area contributed by atoms with Crippen LogP contribution in [0.5, 0.6) is 17.2 Å². The van der Waals surface area contributed by atoms with Crippen molar-refractivity contribution in [1.82, 2.24) is 5.32 Å². The van der Waals surface area contributed by atoms with Crippen LogP contribution in [0, 0.1) is 0 Å². The molecule has 0 atom stereocenters. The first kappa shape index (κ1) is 19.4. The van der Waals surface area contributed by atoms with Gasteiger partial charge in [0.25, 0.3) is 0 Å². The van der Waals surface area contributed by atoms with Gasteiger partial charge in [0.2, 0.25) is 0 Å². The van der Waals surface area contributed by atoms with E-state index in [1.165, 1.54) is 0 Å². The lowest BCUT2D eigenvalue weighted by molar-refractivity contribution is 0.347. The summed E-state index contributed by atoms with van der Waals surface area (Å²) in [6.07, 6.45) is 1.71. The zero-order valence-corrected chi connectivity index (χ0v) is 14.8. The zero-order chi connectivity index (χ0) is 15.0. The Balaban J connectivity index is 0.00000400. The summed E-state index contributed by atoms with van der Waals surface area (Å²) in [7, 11) is 4.75. The SMILES string of the molecule is C=CCNC(N)=NCc1cc(OC)c(OC)cc1OC.I. The first-order valence-electron chi connectivity index (χ1n) is 6.09. The molecular formula is C14H22IN3O3. The third-order valence-corrected chi connectivity index (χ3v) is 2.63. The number of nitrogens with zero attached hydrogens (tertiary/aromatic N) is 1. The second kappa shape index (κ2) is 10.1. The van der Waals surface area contributed by atoms with Gasteiger partial charge >= 0.3 is 0 Å². The van der Waals surface area contributed by atoms with Crippen molar-refractivity contribution < 1.29 is 14.2 Å². The highest BCUT2D eigenvalue weighted by Crippen LogP contribution is 2.34. The quantitative estimate of drug-likeness (QED) is 0.313. The van der Waals surface area contributed by atoms with Crippen LogP contribution in [-0.4, -0.2) is 33.8 Å². The van der Waals surface area contributed by atoms with Crippen LogP contribution in [0.15, 0.2) is 29.8 Å². The molecule has 7 heteroatoms. The molecule has 6 nitrogen and oxygen atoms in total. The monoisotopic (exact) mass is 407 g/mol. The highest BCUT2D eigenvalue weighted by molar-refractivity contribution is 14.0. The highest BCUT2D eigenvalue weighted by atomic mass is 127. The molecule has 1 rings (SSSR count). The topological polar surface area (TPSA) is 78.1 Å². The number of hydrogen-bond donors (Lipinski definition) is 2. The van der Waals surface area contributed by atoms with Crippen LogP contribution in [-0.2, 0) is 6.54 Å². The van der Waals surface area contributed by atoms with E-state index in [1.807, 2.05) is 6.07 Å². The van der Waals surface area contributed by atoms with Crippen LogP contribution in [0.4, 0.5) is 0 Å². The maximum Gasteiger partial charge on any atom is 0.189 e. The van der Waals surface area contributed by atoms with E-state index in [-0.39, 0.29) is 24.0 Å². The minimum absolute atomic E-state index is 0. The number of aliphatic imine (C=N–C) groups is 1. The summed E-state index contributed by atoms with van der Waals surface area (Å²) in [4.78, 5) is 4.23. The average Bonchev–Trinajstić information content (AvgIpc) is 2.49. The predicted octanol–water partition coefficient (Wildman–Crippen LogP) is 1.92.